The number of unbranched alkanes of at least 4 members (excludes halogenated alkanes) is 3. The van der Waals surface area contributed by atoms with Crippen molar-refractivity contribution in [2.75, 3.05) is 19.8 Å². The summed E-state index contributed by atoms with van der Waals surface area (Å²) in [5.74, 6) is 0.982. The van der Waals surface area contributed by atoms with Crippen LogP contribution >= 0.6 is 0 Å². The van der Waals surface area contributed by atoms with E-state index in [2.05, 4.69) is 19.2 Å². The third-order valence-electron chi connectivity index (χ3n) is 3.50. The maximum atomic E-state index is 9.27. The average molecular weight is 254 g/mol. The molecule has 0 aliphatic carbocycles. The van der Waals surface area contributed by atoms with Crippen molar-refractivity contribution in [3.8, 4) is 0 Å². The van der Waals surface area contributed by atoms with Crippen LogP contribution in [-0.2, 0) is 4.74 Å². The molecule has 0 aliphatic rings. The minimum atomic E-state index is 0.288. The number of ether oxygens (including phenoxy) is 1. The number of allylic oxidation sites excluding steroid dienone is 1. The van der Waals surface area contributed by atoms with Gasteiger partial charge < -0.3 is 9.84 Å². The Kier molecular flexibility index (Phi) is 12.5. The van der Waals surface area contributed by atoms with Crippen LogP contribution in [0, 0.1) is 11.8 Å². The van der Waals surface area contributed by atoms with Crippen LogP contribution in [0.5, 0.6) is 0 Å². The first-order valence-corrected chi connectivity index (χ1v) is 7.29. The topological polar surface area (TPSA) is 29.5 Å². The zero-order valence-electron chi connectivity index (χ0n) is 12.2. The lowest BCUT2D eigenvalue weighted by molar-refractivity contribution is 0.104. The lowest BCUT2D eigenvalue weighted by atomic mass is 9.87. The summed E-state index contributed by atoms with van der Waals surface area (Å²) in [4.78, 5) is 0. The lowest BCUT2D eigenvalue weighted by Crippen LogP contribution is -2.17. The van der Waals surface area contributed by atoms with Crippen LogP contribution in [0.1, 0.15) is 52.4 Å². The van der Waals surface area contributed by atoms with Gasteiger partial charge in [0.1, 0.15) is 0 Å². The molecular weight excluding hydrogens is 224 g/mol. The quantitative estimate of drug-likeness (QED) is 0.422. The van der Waals surface area contributed by atoms with E-state index in [1.165, 1.54) is 25.7 Å². The third-order valence-corrected chi connectivity index (χ3v) is 3.50. The summed E-state index contributed by atoms with van der Waals surface area (Å²) in [6.07, 6.45) is 9.07. The molecule has 0 saturated carbocycles. The summed E-state index contributed by atoms with van der Waals surface area (Å²) in [6, 6.07) is 0. The molecule has 0 heterocycles. The molecule has 18 heavy (non-hydrogen) atoms. The van der Waals surface area contributed by atoms with Crippen molar-refractivity contribution in [2.45, 2.75) is 52.4 Å². The Morgan fingerprint density at radius 1 is 1.28 bits per heavy atom. The zero-order chi connectivity index (χ0) is 13.6. The van der Waals surface area contributed by atoms with E-state index in [1.54, 1.807) is 0 Å². The van der Waals surface area contributed by atoms with Crippen molar-refractivity contribution in [3.05, 3.63) is 18.4 Å². The van der Waals surface area contributed by atoms with Gasteiger partial charge in [0.2, 0.25) is 0 Å². The van der Waals surface area contributed by atoms with Crippen LogP contribution in [0.4, 0.5) is 0 Å². The Morgan fingerprint density at radius 3 is 2.67 bits per heavy atom. The summed E-state index contributed by atoms with van der Waals surface area (Å²) in [5.41, 5.74) is 2.80. The van der Waals surface area contributed by atoms with Crippen molar-refractivity contribution in [1.82, 2.24) is 0 Å². The molecule has 0 aliphatic heterocycles. The van der Waals surface area contributed by atoms with E-state index in [9.17, 15) is 5.11 Å². The van der Waals surface area contributed by atoms with Crippen LogP contribution in [0.2, 0.25) is 0 Å². The minimum absolute atomic E-state index is 0.288. The molecule has 106 valence electrons. The second-order valence-corrected chi connectivity index (χ2v) is 4.95. The lowest BCUT2D eigenvalue weighted by Gasteiger charge is -2.22. The van der Waals surface area contributed by atoms with Gasteiger partial charge in [0.25, 0.3) is 0 Å². The van der Waals surface area contributed by atoms with Crippen molar-refractivity contribution in [3.63, 3.8) is 0 Å². The van der Waals surface area contributed by atoms with E-state index < -0.39 is 0 Å². The van der Waals surface area contributed by atoms with Gasteiger partial charge in [-0.1, -0.05) is 32.8 Å². The fourth-order valence-corrected chi connectivity index (χ4v) is 2.17. The molecule has 0 aromatic carbocycles. The van der Waals surface area contributed by atoms with E-state index in [0.717, 1.165) is 26.1 Å². The molecule has 0 radical (unpaired) electrons. The fourth-order valence-electron chi connectivity index (χ4n) is 2.17. The van der Waals surface area contributed by atoms with Gasteiger partial charge in [-0.05, 0) is 44.1 Å². The van der Waals surface area contributed by atoms with Crippen molar-refractivity contribution >= 4 is 0 Å². The molecule has 2 atom stereocenters. The van der Waals surface area contributed by atoms with Gasteiger partial charge in [0.15, 0.2) is 0 Å². The normalized spacial score (nSPS) is 13.9. The number of hydrogen-bond donors (Lipinski definition) is 1. The van der Waals surface area contributed by atoms with Gasteiger partial charge in [-0.25, -0.2) is 0 Å². The number of aliphatic hydroxyl groups is 1. The van der Waals surface area contributed by atoms with E-state index >= 15 is 0 Å². The van der Waals surface area contributed by atoms with Gasteiger partial charge in [-0.15, -0.1) is 5.73 Å². The SMILES string of the molecule is C=C=CCCCCCC(CCOCC)C(C)CO. The Bertz CT molecular complexity index is 219. The highest BCUT2D eigenvalue weighted by Gasteiger charge is 2.15. The second-order valence-electron chi connectivity index (χ2n) is 4.95. The Morgan fingerprint density at radius 2 is 2.06 bits per heavy atom. The number of aliphatic hydroxyl groups excluding tert-OH is 1. The summed E-state index contributed by atoms with van der Waals surface area (Å²) in [5, 5.41) is 9.27. The first-order chi connectivity index (χ1) is 8.76. The average Bonchev–Trinajstić information content (AvgIpc) is 2.40. The Hall–Kier alpha value is -0.560. The highest BCUT2D eigenvalue weighted by molar-refractivity contribution is 4.75. The standard InChI is InChI=1S/C16H30O2/c1-4-6-7-8-9-10-11-16(15(3)14-17)12-13-18-5-2/h6,15-17H,1,5,7-14H2,2-3H3. The van der Waals surface area contributed by atoms with Crippen LogP contribution < -0.4 is 0 Å². The van der Waals surface area contributed by atoms with Gasteiger partial charge in [0.05, 0.1) is 0 Å². The molecule has 0 fully saturated rings. The minimum Gasteiger partial charge on any atom is -0.396 e. The third kappa shape index (κ3) is 9.47. The van der Waals surface area contributed by atoms with Gasteiger partial charge >= 0.3 is 0 Å². The predicted molar refractivity (Wildman–Crippen MR) is 77.6 cm³/mol. The molecule has 0 aromatic heterocycles. The zero-order valence-corrected chi connectivity index (χ0v) is 12.2. The second kappa shape index (κ2) is 12.9. The van der Waals surface area contributed by atoms with Crippen molar-refractivity contribution in [2.24, 2.45) is 11.8 Å². The smallest absolute Gasteiger partial charge is 0.0468 e. The largest absolute Gasteiger partial charge is 0.396 e. The molecule has 0 rings (SSSR count). The Labute approximate surface area is 113 Å². The van der Waals surface area contributed by atoms with Gasteiger partial charge in [-0.2, -0.15) is 0 Å². The van der Waals surface area contributed by atoms with Crippen LogP contribution in [-0.4, -0.2) is 24.9 Å². The summed E-state index contributed by atoms with van der Waals surface area (Å²) >= 11 is 0. The maximum absolute atomic E-state index is 9.27. The monoisotopic (exact) mass is 254 g/mol. The molecule has 0 saturated heterocycles. The first-order valence-electron chi connectivity index (χ1n) is 7.29. The van der Waals surface area contributed by atoms with E-state index in [4.69, 9.17) is 4.74 Å². The van der Waals surface area contributed by atoms with Crippen LogP contribution in [0.15, 0.2) is 18.4 Å². The van der Waals surface area contributed by atoms with Gasteiger partial charge in [0, 0.05) is 19.8 Å². The molecule has 1 N–H and O–H groups in total. The molecule has 0 amide bonds. The summed E-state index contributed by atoms with van der Waals surface area (Å²) in [6.45, 7) is 9.62. The van der Waals surface area contributed by atoms with E-state index in [1.807, 2.05) is 13.0 Å². The highest BCUT2D eigenvalue weighted by Crippen LogP contribution is 2.22. The molecule has 0 aromatic rings. The van der Waals surface area contributed by atoms with E-state index in [-0.39, 0.29) is 6.61 Å². The first kappa shape index (κ1) is 17.4. The molecule has 2 heteroatoms. The molecule has 2 unspecified atom stereocenters. The molecule has 2 nitrogen and oxygen atoms in total. The van der Waals surface area contributed by atoms with Gasteiger partial charge in [-0.3, -0.25) is 0 Å². The number of rotatable bonds is 12. The van der Waals surface area contributed by atoms with Crippen molar-refractivity contribution in [1.29, 1.82) is 0 Å². The Balaban J connectivity index is 3.75. The maximum Gasteiger partial charge on any atom is 0.0468 e. The highest BCUT2D eigenvalue weighted by atomic mass is 16.5. The van der Waals surface area contributed by atoms with Crippen LogP contribution in [0.3, 0.4) is 0 Å². The summed E-state index contributed by atoms with van der Waals surface area (Å²) < 4.78 is 5.42. The number of hydrogen-bond acceptors (Lipinski definition) is 2. The fraction of sp³-hybridized carbons (Fsp3) is 0.812. The molecule has 0 spiro atoms. The van der Waals surface area contributed by atoms with E-state index in [0.29, 0.717) is 11.8 Å². The summed E-state index contributed by atoms with van der Waals surface area (Å²) in [7, 11) is 0. The van der Waals surface area contributed by atoms with Crippen molar-refractivity contribution < 1.29 is 9.84 Å². The van der Waals surface area contributed by atoms with Crippen LogP contribution in [0.25, 0.3) is 0 Å². The molecular formula is C16H30O2. The predicted octanol–water partition coefficient (Wildman–Crippen LogP) is 3.95. The molecule has 0 bridgehead atoms.